The molecule has 1 saturated carbocycles. The Morgan fingerprint density at radius 2 is 2.09 bits per heavy atom. The molecule has 1 N–H and O–H groups in total. The molecule has 11 heavy (non-hydrogen) atoms. The zero-order chi connectivity index (χ0) is 8.59. The van der Waals surface area contributed by atoms with Crippen LogP contribution in [0.5, 0.6) is 0 Å². The van der Waals surface area contributed by atoms with Crippen LogP contribution in [0.3, 0.4) is 0 Å². The summed E-state index contributed by atoms with van der Waals surface area (Å²) in [6.07, 6.45) is 0.429. The van der Waals surface area contributed by atoms with Crippen molar-refractivity contribution >= 4 is 11.8 Å². The van der Waals surface area contributed by atoms with Gasteiger partial charge in [0.15, 0.2) is 0 Å². The van der Waals surface area contributed by atoms with Crippen LogP contribution in [0.25, 0.3) is 0 Å². The SMILES string of the molecule is C[C@H]1[C@H](C(=O)O)C(=O)C[C@@H]1C. The van der Waals surface area contributed by atoms with Crippen molar-refractivity contribution in [2.24, 2.45) is 17.8 Å². The molecule has 3 heteroatoms. The van der Waals surface area contributed by atoms with Crippen molar-refractivity contribution in [3.8, 4) is 0 Å². The number of hydrogen-bond donors (Lipinski definition) is 1. The van der Waals surface area contributed by atoms with E-state index in [9.17, 15) is 9.59 Å². The molecule has 0 aromatic carbocycles. The lowest BCUT2D eigenvalue weighted by Crippen LogP contribution is -2.23. The predicted molar refractivity (Wildman–Crippen MR) is 39.1 cm³/mol. The van der Waals surface area contributed by atoms with E-state index in [2.05, 4.69) is 0 Å². The zero-order valence-corrected chi connectivity index (χ0v) is 6.70. The van der Waals surface area contributed by atoms with Gasteiger partial charge in [-0.25, -0.2) is 0 Å². The van der Waals surface area contributed by atoms with Gasteiger partial charge in [-0.15, -0.1) is 0 Å². The molecule has 0 radical (unpaired) electrons. The van der Waals surface area contributed by atoms with Crippen molar-refractivity contribution in [2.75, 3.05) is 0 Å². The van der Waals surface area contributed by atoms with Gasteiger partial charge in [-0.2, -0.15) is 0 Å². The monoisotopic (exact) mass is 156 g/mol. The third kappa shape index (κ3) is 1.27. The fourth-order valence-electron chi connectivity index (χ4n) is 1.61. The number of hydrogen-bond acceptors (Lipinski definition) is 2. The first-order valence-electron chi connectivity index (χ1n) is 3.79. The molecule has 1 rings (SSSR count). The number of carbonyl (C=O) groups excluding carboxylic acids is 1. The van der Waals surface area contributed by atoms with E-state index in [4.69, 9.17) is 5.11 Å². The minimum Gasteiger partial charge on any atom is -0.481 e. The third-order valence-corrected chi connectivity index (χ3v) is 2.56. The van der Waals surface area contributed by atoms with Crippen LogP contribution in [-0.4, -0.2) is 16.9 Å². The molecular formula is C8H12O3. The van der Waals surface area contributed by atoms with E-state index in [-0.39, 0.29) is 17.6 Å². The summed E-state index contributed by atoms with van der Waals surface area (Å²) in [6.45, 7) is 3.75. The molecule has 0 aromatic rings. The second kappa shape index (κ2) is 2.64. The lowest BCUT2D eigenvalue weighted by molar-refractivity contribution is -0.146. The Labute approximate surface area is 65.4 Å². The van der Waals surface area contributed by atoms with Gasteiger partial charge in [-0.05, 0) is 11.8 Å². The maximum absolute atomic E-state index is 11.1. The molecule has 0 aromatic heterocycles. The van der Waals surface area contributed by atoms with Crippen molar-refractivity contribution < 1.29 is 14.7 Å². The molecular weight excluding hydrogens is 144 g/mol. The molecule has 3 atom stereocenters. The summed E-state index contributed by atoms with van der Waals surface area (Å²) >= 11 is 0. The summed E-state index contributed by atoms with van der Waals surface area (Å²) in [5.41, 5.74) is 0. The number of ketones is 1. The van der Waals surface area contributed by atoms with Gasteiger partial charge in [0.2, 0.25) is 0 Å². The van der Waals surface area contributed by atoms with Gasteiger partial charge in [-0.1, -0.05) is 13.8 Å². The number of carbonyl (C=O) groups is 2. The van der Waals surface area contributed by atoms with Crippen molar-refractivity contribution in [3.05, 3.63) is 0 Å². The Bertz CT molecular complexity index is 198. The Hall–Kier alpha value is -0.860. The summed E-state index contributed by atoms with van der Waals surface area (Å²) in [7, 11) is 0. The summed E-state index contributed by atoms with van der Waals surface area (Å²) in [6, 6.07) is 0. The van der Waals surface area contributed by atoms with Crippen LogP contribution >= 0.6 is 0 Å². The molecule has 1 aliphatic carbocycles. The minimum atomic E-state index is -0.966. The van der Waals surface area contributed by atoms with E-state index in [0.29, 0.717) is 6.42 Å². The van der Waals surface area contributed by atoms with Crippen molar-refractivity contribution in [2.45, 2.75) is 20.3 Å². The van der Waals surface area contributed by atoms with Gasteiger partial charge in [0.05, 0.1) is 0 Å². The zero-order valence-electron chi connectivity index (χ0n) is 6.70. The summed E-state index contributed by atoms with van der Waals surface area (Å²) in [5, 5.41) is 8.65. The maximum Gasteiger partial charge on any atom is 0.314 e. The molecule has 0 spiro atoms. The Balaban J connectivity index is 2.79. The first-order chi connectivity index (χ1) is 5.04. The standard InChI is InChI=1S/C8H12O3/c1-4-3-6(9)7(5(4)2)8(10)11/h4-5,7H,3H2,1-2H3,(H,10,11)/t4-,5+,7-/m0/s1. The van der Waals surface area contributed by atoms with Crippen LogP contribution in [0.1, 0.15) is 20.3 Å². The third-order valence-electron chi connectivity index (χ3n) is 2.56. The van der Waals surface area contributed by atoms with E-state index < -0.39 is 11.9 Å². The van der Waals surface area contributed by atoms with Gasteiger partial charge < -0.3 is 5.11 Å². The van der Waals surface area contributed by atoms with E-state index in [1.54, 1.807) is 0 Å². The molecule has 0 unspecified atom stereocenters. The van der Waals surface area contributed by atoms with Crippen molar-refractivity contribution in [3.63, 3.8) is 0 Å². The summed E-state index contributed by atoms with van der Waals surface area (Å²) < 4.78 is 0. The van der Waals surface area contributed by atoms with Crippen LogP contribution in [0.15, 0.2) is 0 Å². The number of carboxylic acids is 1. The Morgan fingerprint density at radius 1 is 1.55 bits per heavy atom. The van der Waals surface area contributed by atoms with Crippen molar-refractivity contribution in [1.82, 2.24) is 0 Å². The Morgan fingerprint density at radius 3 is 2.27 bits per heavy atom. The van der Waals surface area contributed by atoms with Gasteiger partial charge in [-0.3, -0.25) is 9.59 Å². The lowest BCUT2D eigenvalue weighted by Gasteiger charge is -2.11. The van der Waals surface area contributed by atoms with E-state index in [0.717, 1.165) is 0 Å². The second-order valence-corrected chi connectivity index (χ2v) is 3.32. The molecule has 0 saturated heterocycles. The number of aliphatic carboxylic acids is 1. The predicted octanol–water partition coefficient (Wildman–Crippen LogP) is 0.932. The van der Waals surface area contributed by atoms with E-state index in [1.807, 2.05) is 13.8 Å². The first-order valence-corrected chi connectivity index (χ1v) is 3.79. The summed E-state index contributed by atoms with van der Waals surface area (Å²) in [5.74, 6) is -1.60. The molecule has 0 heterocycles. The molecule has 0 bridgehead atoms. The van der Waals surface area contributed by atoms with Crippen LogP contribution in [-0.2, 0) is 9.59 Å². The topological polar surface area (TPSA) is 54.4 Å². The normalized spacial score (nSPS) is 37.6. The minimum absolute atomic E-state index is 0.000000000000000444. The van der Waals surface area contributed by atoms with Crippen molar-refractivity contribution in [1.29, 1.82) is 0 Å². The fourth-order valence-corrected chi connectivity index (χ4v) is 1.61. The quantitative estimate of drug-likeness (QED) is 0.574. The van der Waals surface area contributed by atoms with E-state index >= 15 is 0 Å². The van der Waals surface area contributed by atoms with Crippen LogP contribution in [0.2, 0.25) is 0 Å². The van der Waals surface area contributed by atoms with Gasteiger partial charge in [0.25, 0.3) is 0 Å². The molecule has 1 aliphatic rings. The van der Waals surface area contributed by atoms with Gasteiger partial charge in [0.1, 0.15) is 11.7 Å². The second-order valence-electron chi connectivity index (χ2n) is 3.32. The average molecular weight is 156 g/mol. The molecule has 0 amide bonds. The molecule has 3 nitrogen and oxygen atoms in total. The largest absolute Gasteiger partial charge is 0.481 e. The van der Waals surface area contributed by atoms with E-state index in [1.165, 1.54) is 0 Å². The number of rotatable bonds is 1. The highest BCUT2D eigenvalue weighted by Gasteiger charge is 2.41. The summed E-state index contributed by atoms with van der Waals surface area (Å²) in [4.78, 5) is 21.6. The van der Waals surface area contributed by atoms with Crippen LogP contribution in [0.4, 0.5) is 0 Å². The molecule has 62 valence electrons. The molecule has 1 fully saturated rings. The smallest absolute Gasteiger partial charge is 0.314 e. The van der Waals surface area contributed by atoms with Gasteiger partial charge >= 0.3 is 5.97 Å². The van der Waals surface area contributed by atoms with Gasteiger partial charge in [0, 0.05) is 6.42 Å². The first kappa shape index (κ1) is 8.24. The number of carboxylic acid groups (broad SMARTS) is 1. The van der Waals surface area contributed by atoms with Crippen LogP contribution in [0, 0.1) is 17.8 Å². The van der Waals surface area contributed by atoms with Crippen LogP contribution < -0.4 is 0 Å². The molecule has 0 aliphatic heterocycles. The average Bonchev–Trinajstić information content (AvgIpc) is 2.07. The highest BCUT2D eigenvalue weighted by molar-refractivity contribution is 6.00. The highest BCUT2D eigenvalue weighted by atomic mass is 16.4. The Kier molecular flexibility index (Phi) is 1.98. The highest BCUT2D eigenvalue weighted by Crippen LogP contribution is 2.33. The number of Topliss-reactive ketones (excluding diaryl/α,β-unsaturated/α-hetero) is 1. The maximum atomic E-state index is 11.1. The lowest BCUT2D eigenvalue weighted by atomic mass is 9.93. The fraction of sp³-hybridized carbons (Fsp3) is 0.750.